The second-order valence-corrected chi connectivity index (χ2v) is 7.37. The van der Waals surface area contributed by atoms with Crippen molar-refractivity contribution in [2.75, 3.05) is 23.1 Å². The molecule has 164 valence electrons. The first-order valence-electron chi connectivity index (χ1n) is 10.2. The third-order valence-electron chi connectivity index (χ3n) is 5.25. The number of carbonyl (C=O) groups is 2. The molecule has 4 rings (SSSR count). The largest absolute Gasteiger partial charge is 0.497 e. The van der Waals surface area contributed by atoms with E-state index in [9.17, 15) is 14.4 Å². The normalized spacial score (nSPS) is 14.8. The fraction of sp³-hybridized carbons (Fsp3) is 0.217. The molecule has 0 fully saturated rings. The Morgan fingerprint density at radius 2 is 1.78 bits per heavy atom. The molecule has 0 saturated carbocycles. The summed E-state index contributed by atoms with van der Waals surface area (Å²) in [7, 11) is 1.57. The van der Waals surface area contributed by atoms with Gasteiger partial charge in [-0.3, -0.25) is 19.4 Å². The van der Waals surface area contributed by atoms with Crippen molar-refractivity contribution in [1.82, 2.24) is 9.97 Å². The highest BCUT2D eigenvalue weighted by Crippen LogP contribution is 2.30. The van der Waals surface area contributed by atoms with Crippen molar-refractivity contribution in [1.29, 1.82) is 0 Å². The first-order valence-corrected chi connectivity index (χ1v) is 10.2. The summed E-state index contributed by atoms with van der Waals surface area (Å²) in [5.74, 6) is -0.859. The van der Waals surface area contributed by atoms with Gasteiger partial charge in [-0.1, -0.05) is 19.1 Å². The Hall–Kier alpha value is -4.14. The van der Waals surface area contributed by atoms with Crippen LogP contribution in [-0.2, 0) is 16.0 Å². The van der Waals surface area contributed by atoms with Crippen LogP contribution in [0.25, 0.3) is 0 Å². The van der Waals surface area contributed by atoms with E-state index >= 15 is 0 Å². The Kier molecular flexibility index (Phi) is 5.89. The highest BCUT2D eigenvalue weighted by Gasteiger charge is 2.34. The van der Waals surface area contributed by atoms with Crippen molar-refractivity contribution in [2.24, 2.45) is 0 Å². The van der Waals surface area contributed by atoms with Gasteiger partial charge in [0.2, 0.25) is 17.8 Å². The fourth-order valence-electron chi connectivity index (χ4n) is 3.52. The lowest BCUT2D eigenvalue weighted by atomic mass is 9.92. The van der Waals surface area contributed by atoms with E-state index < -0.39 is 17.4 Å². The molecular weight excluding hydrogens is 410 g/mol. The Labute approximate surface area is 184 Å². The number of anilines is 4. The molecule has 2 aromatic carbocycles. The van der Waals surface area contributed by atoms with Gasteiger partial charge < -0.3 is 20.7 Å². The van der Waals surface area contributed by atoms with E-state index in [0.717, 1.165) is 12.0 Å². The molecule has 0 radical (unpaired) electrons. The molecule has 32 heavy (non-hydrogen) atoms. The van der Waals surface area contributed by atoms with Crippen LogP contribution in [0.4, 0.5) is 23.1 Å². The molecule has 1 aromatic heterocycles. The number of aromatic nitrogens is 2. The molecule has 4 N–H and O–H groups in total. The summed E-state index contributed by atoms with van der Waals surface area (Å²) in [4.78, 5) is 45.0. The number of hydrogen-bond donors (Lipinski definition) is 4. The highest BCUT2D eigenvalue weighted by molar-refractivity contribution is 6.04. The molecule has 0 unspecified atom stereocenters. The number of rotatable bonds is 6. The van der Waals surface area contributed by atoms with Crippen LogP contribution < -0.4 is 26.2 Å². The van der Waals surface area contributed by atoms with Gasteiger partial charge >= 0.3 is 0 Å². The first-order chi connectivity index (χ1) is 15.5. The molecule has 0 aliphatic carbocycles. The van der Waals surface area contributed by atoms with Gasteiger partial charge in [0.15, 0.2) is 0 Å². The number of aromatic amines is 1. The number of nitrogens with zero attached hydrogens (tertiary/aromatic N) is 1. The summed E-state index contributed by atoms with van der Waals surface area (Å²) in [5, 5.41) is 8.37. The lowest BCUT2D eigenvalue weighted by Gasteiger charge is -2.23. The smallest absolute Gasteiger partial charge is 0.258 e. The zero-order chi connectivity index (χ0) is 22.7. The van der Waals surface area contributed by atoms with Crippen molar-refractivity contribution in [3.63, 3.8) is 0 Å². The number of benzene rings is 2. The van der Waals surface area contributed by atoms with Gasteiger partial charge in [-0.05, 0) is 48.4 Å². The highest BCUT2D eigenvalue weighted by atomic mass is 16.5. The number of amides is 2. The standard InChI is InChI=1S/C23H23N5O4/c1-3-13-4-6-14(7-5-13)24-21(30)17-12-18(29)26-20-19(17)22(31)28-23(27-20)25-15-8-10-16(32-2)11-9-15/h4-11,17H,3,12H2,1-2H3,(H,24,30)(H3,25,26,27,28,29,31)/t17-/m1/s1. The van der Waals surface area contributed by atoms with Gasteiger partial charge in [0.25, 0.3) is 5.56 Å². The molecule has 1 atom stereocenters. The van der Waals surface area contributed by atoms with E-state index in [1.165, 1.54) is 0 Å². The predicted molar refractivity (Wildman–Crippen MR) is 122 cm³/mol. The van der Waals surface area contributed by atoms with E-state index in [1.807, 2.05) is 19.1 Å². The molecule has 9 nitrogen and oxygen atoms in total. The number of fused-ring (bicyclic) bond motifs is 1. The summed E-state index contributed by atoms with van der Waals surface area (Å²) in [5.41, 5.74) is 2.05. The van der Waals surface area contributed by atoms with Crippen molar-refractivity contribution in [3.05, 3.63) is 70.0 Å². The zero-order valence-corrected chi connectivity index (χ0v) is 17.7. The molecule has 1 aliphatic heterocycles. The molecule has 0 spiro atoms. The fourth-order valence-corrected chi connectivity index (χ4v) is 3.52. The van der Waals surface area contributed by atoms with Crippen molar-refractivity contribution >= 4 is 35.0 Å². The maximum Gasteiger partial charge on any atom is 0.258 e. The third-order valence-corrected chi connectivity index (χ3v) is 5.25. The Balaban J connectivity index is 1.59. The van der Waals surface area contributed by atoms with Gasteiger partial charge in [0.05, 0.1) is 18.6 Å². The molecule has 0 bridgehead atoms. The lowest BCUT2D eigenvalue weighted by molar-refractivity contribution is -0.123. The first kappa shape index (κ1) is 21.1. The molecule has 2 heterocycles. The lowest BCUT2D eigenvalue weighted by Crippen LogP contribution is -2.36. The van der Waals surface area contributed by atoms with Crippen LogP contribution in [0.3, 0.4) is 0 Å². The van der Waals surface area contributed by atoms with Crippen molar-refractivity contribution in [3.8, 4) is 5.75 Å². The molecule has 0 saturated heterocycles. The molecule has 1 aliphatic rings. The van der Waals surface area contributed by atoms with Crippen LogP contribution in [0, 0.1) is 0 Å². The van der Waals surface area contributed by atoms with Crippen LogP contribution in [0.1, 0.15) is 30.4 Å². The monoisotopic (exact) mass is 433 g/mol. The second kappa shape index (κ2) is 8.93. The molecule has 3 aromatic rings. The maximum atomic E-state index is 12.9. The quantitative estimate of drug-likeness (QED) is 0.473. The molecule has 9 heteroatoms. The van der Waals surface area contributed by atoms with Crippen LogP contribution in [0.15, 0.2) is 53.3 Å². The molecular formula is C23H23N5O4. The van der Waals surface area contributed by atoms with Gasteiger partial charge in [0, 0.05) is 17.8 Å². The summed E-state index contributed by atoms with van der Waals surface area (Å²) >= 11 is 0. The van der Waals surface area contributed by atoms with Crippen LogP contribution in [-0.4, -0.2) is 28.9 Å². The summed E-state index contributed by atoms with van der Waals surface area (Å²) < 4.78 is 5.13. The second-order valence-electron chi connectivity index (χ2n) is 7.37. The number of ether oxygens (including phenoxy) is 1. The van der Waals surface area contributed by atoms with Crippen molar-refractivity contribution < 1.29 is 14.3 Å². The minimum absolute atomic E-state index is 0.0718. The van der Waals surface area contributed by atoms with E-state index in [1.54, 1.807) is 43.5 Å². The zero-order valence-electron chi connectivity index (χ0n) is 17.7. The number of H-pyrrole nitrogens is 1. The predicted octanol–water partition coefficient (Wildman–Crippen LogP) is 3.15. The molecule has 2 amide bonds. The van der Waals surface area contributed by atoms with Gasteiger partial charge in [0.1, 0.15) is 11.6 Å². The van der Waals surface area contributed by atoms with E-state index in [4.69, 9.17) is 4.74 Å². The van der Waals surface area contributed by atoms with Crippen LogP contribution >= 0.6 is 0 Å². The van der Waals surface area contributed by atoms with Crippen LogP contribution in [0.5, 0.6) is 5.75 Å². The Morgan fingerprint density at radius 3 is 2.44 bits per heavy atom. The number of methoxy groups -OCH3 is 1. The van der Waals surface area contributed by atoms with Gasteiger partial charge in [-0.15, -0.1) is 0 Å². The van der Waals surface area contributed by atoms with Crippen LogP contribution in [0.2, 0.25) is 0 Å². The topological polar surface area (TPSA) is 125 Å². The van der Waals surface area contributed by atoms with Crippen molar-refractivity contribution in [2.45, 2.75) is 25.7 Å². The SMILES string of the molecule is CCc1ccc(NC(=O)[C@@H]2CC(=O)Nc3nc(Nc4ccc(OC)cc4)[nH]c(=O)c32)cc1. The van der Waals surface area contributed by atoms with E-state index in [-0.39, 0.29) is 29.7 Å². The minimum atomic E-state index is -0.948. The van der Waals surface area contributed by atoms with E-state index in [0.29, 0.717) is 17.1 Å². The number of carbonyl (C=O) groups excluding carboxylic acids is 2. The third kappa shape index (κ3) is 4.46. The summed E-state index contributed by atoms with van der Waals surface area (Å²) in [6.45, 7) is 2.04. The Morgan fingerprint density at radius 1 is 1.09 bits per heavy atom. The minimum Gasteiger partial charge on any atom is -0.497 e. The van der Waals surface area contributed by atoms with Gasteiger partial charge in [-0.2, -0.15) is 4.98 Å². The summed E-state index contributed by atoms with van der Waals surface area (Å²) in [6.07, 6.45) is 0.750. The average Bonchev–Trinajstić information content (AvgIpc) is 2.79. The Bertz CT molecular complexity index is 1200. The maximum absolute atomic E-state index is 12.9. The van der Waals surface area contributed by atoms with E-state index in [2.05, 4.69) is 25.9 Å². The number of hydrogen-bond acceptors (Lipinski definition) is 6. The number of aryl methyl sites for hydroxylation is 1. The van der Waals surface area contributed by atoms with Gasteiger partial charge in [-0.25, -0.2) is 0 Å². The average molecular weight is 433 g/mol. The number of nitrogens with one attached hydrogen (secondary N) is 4. The summed E-state index contributed by atoms with van der Waals surface area (Å²) in [6, 6.07) is 14.5.